The number of carbonyl (C=O) groups is 1. The number of amides is 1. The van der Waals surface area contributed by atoms with E-state index in [0.717, 1.165) is 0 Å². The number of carbonyl (C=O) groups excluding carboxylic acids is 1. The summed E-state index contributed by atoms with van der Waals surface area (Å²) in [5.41, 5.74) is 0.213. The normalized spacial score (nSPS) is 13.0. The van der Waals surface area contributed by atoms with Crippen molar-refractivity contribution in [2.45, 2.75) is 43.6 Å². The van der Waals surface area contributed by atoms with Crippen molar-refractivity contribution in [2.24, 2.45) is 0 Å². The maximum Gasteiger partial charge on any atom is 0.237 e. The maximum absolute atomic E-state index is 12.4. The lowest BCUT2D eigenvalue weighted by Gasteiger charge is -2.20. The Morgan fingerprint density at radius 2 is 2.04 bits per heavy atom. The molecule has 9 heteroatoms. The number of thioether (sulfide) groups is 1. The standard InChI is InChI=1S/C14H17Cl2N5OS/c1-8(23-13-18-19-20-21(13)14(2,3)4)12(22)17-11-7-9(15)5-6-10(11)16/h5-8H,1-4H3,(H,17,22). The molecule has 0 saturated carbocycles. The van der Waals surface area contributed by atoms with E-state index in [1.54, 1.807) is 29.8 Å². The van der Waals surface area contributed by atoms with Gasteiger partial charge >= 0.3 is 0 Å². The summed E-state index contributed by atoms with van der Waals surface area (Å²) in [6, 6.07) is 4.91. The van der Waals surface area contributed by atoms with Gasteiger partial charge in [-0.25, -0.2) is 4.68 Å². The van der Waals surface area contributed by atoms with Crippen molar-refractivity contribution in [2.75, 3.05) is 5.32 Å². The number of hydrogen-bond acceptors (Lipinski definition) is 5. The predicted octanol–water partition coefficient (Wildman–Crippen LogP) is 3.85. The lowest BCUT2D eigenvalue weighted by atomic mass is 10.1. The fourth-order valence-electron chi connectivity index (χ4n) is 1.71. The lowest BCUT2D eigenvalue weighted by Crippen LogP contribution is -2.27. The molecule has 1 atom stereocenters. The Morgan fingerprint density at radius 1 is 1.35 bits per heavy atom. The molecule has 0 saturated heterocycles. The van der Waals surface area contributed by atoms with Crippen molar-refractivity contribution >= 4 is 46.6 Å². The van der Waals surface area contributed by atoms with Crippen LogP contribution in [0.25, 0.3) is 0 Å². The van der Waals surface area contributed by atoms with Crippen LogP contribution in [0.5, 0.6) is 0 Å². The first-order valence-electron chi connectivity index (χ1n) is 6.90. The van der Waals surface area contributed by atoms with Crippen molar-refractivity contribution in [3.63, 3.8) is 0 Å². The average Bonchev–Trinajstić information content (AvgIpc) is 2.91. The SMILES string of the molecule is CC(Sc1nnnn1C(C)(C)C)C(=O)Nc1cc(Cl)ccc1Cl. The highest BCUT2D eigenvalue weighted by Gasteiger charge is 2.24. The van der Waals surface area contributed by atoms with Crippen LogP contribution in [0.3, 0.4) is 0 Å². The fourth-order valence-corrected chi connectivity index (χ4v) is 3.03. The van der Waals surface area contributed by atoms with Gasteiger partial charge in [0.05, 0.1) is 21.5 Å². The second-order valence-electron chi connectivity index (χ2n) is 5.92. The van der Waals surface area contributed by atoms with Gasteiger partial charge in [-0.05, 0) is 56.3 Å². The fraction of sp³-hybridized carbons (Fsp3) is 0.429. The molecule has 124 valence electrons. The monoisotopic (exact) mass is 373 g/mol. The van der Waals surface area contributed by atoms with Crippen LogP contribution in [-0.4, -0.2) is 31.4 Å². The van der Waals surface area contributed by atoms with Crippen molar-refractivity contribution in [3.8, 4) is 0 Å². The van der Waals surface area contributed by atoms with Crippen LogP contribution in [0.15, 0.2) is 23.4 Å². The molecular formula is C14H17Cl2N5OS. The molecule has 0 bridgehead atoms. The maximum atomic E-state index is 12.4. The van der Waals surface area contributed by atoms with Gasteiger partial charge in [-0.2, -0.15) is 0 Å². The Morgan fingerprint density at radius 3 is 2.70 bits per heavy atom. The zero-order chi connectivity index (χ0) is 17.2. The highest BCUT2D eigenvalue weighted by molar-refractivity contribution is 8.00. The smallest absolute Gasteiger partial charge is 0.237 e. The zero-order valence-corrected chi connectivity index (χ0v) is 15.5. The Kier molecular flexibility index (Phi) is 5.54. The molecule has 0 radical (unpaired) electrons. The summed E-state index contributed by atoms with van der Waals surface area (Å²) in [6.07, 6.45) is 0. The van der Waals surface area contributed by atoms with E-state index in [0.29, 0.717) is 20.9 Å². The molecular weight excluding hydrogens is 357 g/mol. The molecule has 6 nitrogen and oxygen atoms in total. The van der Waals surface area contributed by atoms with Crippen LogP contribution in [0.4, 0.5) is 5.69 Å². The summed E-state index contributed by atoms with van der Waals surface area (Å²) in [5.74, 6) is -0.206. The van der Waals surface area contributed by atoms with Crippen LogP contribution in [0.2, 0.25) is 10.0 Å². The lowest BCUT2D eigenvalue weighted by molar-refractivity contribution is -0.115. The van der Waals surface area contributed by atoms with Gasteiger partial charge in [0, 0.05) is 5.02 Å². The summed E-state index contributed by atoms with van der Waals surface area (Å²) in [4.78, 5) is 12.4. The number of nitrogens with one attached hydrogen (secondary N) is 1. The van der Waals surface area contributed by atoms with Gasteiger partial charge in [0.25, 0.3) is 0 Å². The summed E-state index contributed by atoms with van der Waals surface area (Å²) in [6.45, 7) is 7.75. The predicted molar refractivity (Wildman–Crippen MR) is 93.2 cm³/mol. The molecule has 1 amide bonds. The molecule has 1 aromatic heterocycles. The van der Waals surface area contributed by atoms with Gasteiger partial charge in [-0.1, -0.05) is 35.0 Å². The summed E-state index contributed by atoms with van der Waals surface area (Å²) >= 11 is 13.3. The number of tetrazole rings is 1. The number of benzene rings is 1. The molecule has 0 aliphatic carbocycles. The van der Waals surface area contributed by atoms with Crippen molar-refractivity contribution in [1.29, 1.82) is 0 Å². The van der Waals surface area contributed by atoms with Gasteiger partial charge in [0.1, 0.15) is 0 Å². The highest BCUT2D eigenvalue weighted by Crippen LogP contribution is 2.28. The second-order valence-corrected chi connectivity index (χ2v) is 8.07. The van der Waals surface area contributed by atoms with Crippen LogP contribution >= 0.6 is 35.0 Å². The van der Waals surface area contributed by atoms with E-state index < -0.39 is 5.25 Å². The molecule has 1 aromatic carbocycles. The number of halogens is 2. The largest absolute Gasteiger partial charge is 0.324 e. The van der Waals surface area contributed by atoms with E-state index in [9.17, 15) is 4.79 Å². The van der Waals surface area contributed by atoms with Gasteiger partial charge in [0.2, 0.25) is 11.1 Å². The molecule has 2 rings (SSSR count). The minimum atomic E-state index is -0.405. The van der Waals surface area contributed by atoms with Gasteiger partial charge in [-0.3, -0.25) is 4.79 Å². The van der Waals surface area contributed by atoms with E-state index in [1.807, 2.05) is 20.8 Å². The van der Waals surface area contributed by atoms with Crippen molar-refractivity contribution in [3.05, 3.63) is 28.2 Å². The van der Waals surface area contributed by atoms with E-state index in [4.69, 9.17) is 23.2 Å². The summed E-state index contributed by atoms with van der Waals surface area (Å²) < 4.78 is 1.69. The average molecular weight is 374 g/mol. The van der Waals surface area contributed by atoms with E-state index in [2.05, 4.69) is 20.8 Å². The molecule has 0 aliphatic heterocycles. The number of rotatable bonds is 4. The van der Waals surface area contributed by atoms with Crippen LogP contribution in [0.1, 0.15) is 27.7 Å². The number of nitrogens with zero attached hydrogens (tertiary/aromatic N) is 4. The van der Waals surface area contributed by atoms with Crippen LogP contribution in [0, 0.1) is 0 Å². The molecule has 23 heavy (non-hydrogen) atoms. The van der Waals surface area contributed by atoms with Crippen LogP contribution in [-0.2, 0) is 10.3 Å². The molecule has 1 N–H and O–H groups in total. The minimum Gasteiger partial charge on any atom is -0.324 e. The Balaban J connectivity index is 2.09. The first-order valence-corrected chi connectivity index (χ1v) is 8.53. The van der Waals surface area contributed by atoms with E-state index >= 15 is 0 Å². The molecule has 1 unspecified atom stereocenters. The van der Waals surface area contributed by atoms with E-state index in [1.165, 1.54) is 11.8 Å². The topological polar surface area (TPSA) is 72.7 Å². The summed E-state index contributed by atoms with van der Waals surface area (Å²) in [7, 11) is 0. The Bertz CT molecular complexity index is 713. The van der Waals surface area contributed by atoms with Crippen molar-refractivity contribution in [1.82, 2.24) is 20.2 Å². The molecule has 1 heterocycles. The zero-order valence-electron chi connectivity index (χ0n) is 13.2. The minimum absolute atomic E-state index is 0.206. The first kappa shape index (κ1) is 18.0. The number of hydrogen-bond donors (Lipinski definition) is 1. The molecule has 0 aliphatic rings. The second kappa shape index (κ2) is 7.07. The summed E-state index contributed by atoms with van der Waals surface area (Å²) in [5, 5.41) is 15.5. The molecule has 0 fully saturated rings. The van der Waals surface area contributed by atoms with Gasteiger partial charge in [0.15, 0.2) is 0 Å². The van der Waals surface area contributed by atoms with Gasteiger partial charge < -0.3 is 5.32 Å². The number of anilines is 1. The third kappa shape index (κ3) is 4.59. The number of aromatic nitrogens is 4. The third-order valence-electron chi connectivity index (χ3n) is 2.91. The van der Waals surface area contributed by atoms with E-state index in [-0.39, 0.29) is 11.4 Å². The van der Waals surface area contributed by atoms with Crippen molar-refractivity contribution < 1.29 is 4.79 Å². The highest BCUT2D eigenvalue weighted by atomic mass is 35.5. The van der Waals surface area contributed by atoms with Crippen LogP contribution < -0.4 is 5.32 Å². The third-order valence-corrected chi connectivity index (χ3v) is 4.51. The van der Waals surface area contributed by atoms with Gasteiger partial charge in [-0.15, -0.1) is 5.10 Å². The Labute approximate surface area is 148 Å². The quantitative estimate of drug-likeness (QED) is 0.823. The molecule has 0 spiro atoms. The first-order chi connectivity index (χ1) is 10.7. The Hall–Kier alpha value is -1.31. The molecule has 2 aromatic rings.